The van der Waals surface area contributed by atoms with E-state index in [1.807, 2.05) is 12.1 Å². The number of methoxy groups -OCH3 is 1. The zero-order chi connectivity index (χ0) is 20.8. The normalized spacial score (nSPS) is 12.8. The van der Waals surface area contributed by atoms with Gasteiger partial charge in [0.05, 0.1) is 11.1 Å². The number of ether oxygens (including phenoxy) is 1. The highest BCUT2D eigenvalue weighted by Crippen LogP contribution is 2.26. The Bertz CT molecular complexity index is 915. The zero-order valence-corrected chi connectivity index (χ0v) is 16.8. The molecule has 0 bridgehead atoms. The standard InChI is InChI=1S/C21H22ClN3O4/c1-29-12-2-11-25-19(26)17-8-7-16(13-18(17)20(25)27)24-21(28)23-10-9-14-3-5-15(22)6-4-14/h3-8,13H,2,9-12H2,1H3,(H2,23,24,28). The van der Waals surface area contributed by atoms with Crippen LogP contribution in [0.5, 0.6) is 0 Å². The third-order valence-corrected chi connectivity index (χ3v) is 4.82. The van der Waals surface area contributed by atoms with Gasteiger partial charge in [-0.3, -0.25) is 14.5 Å². The Balaban J connectivity index is 1.55. The van der Waals surface area contributed by atoms with Crippen LogP contribution in [0.2, 0.25) is 5.02 Å². The number of nitrogens with one attached hydrogen (secondary N) is 2. The molecular formula is C21H22ClN3O4. The maximum atomic E-state index is 12.5. The first kappa shape index (κ1) is 20.8. The molecular weight excluding hydrogens is 394 g/mol. The van der Waals surface area contributed by atoms with E-state index in [9.17, 15) is 14.4 Å². The lowest BCUT2D eigenvalue weighted by atomic mass is 10.1. The number of benzene rings is 2. The Labute approximate surface area is 174 Å². The summed E-state index contributed by atoms with van der Waals surface area (Å²) in [6.45, 7) is 1.22. The maximum Gasteiger partial charge on any atom is 0.319 e. The van der Waals surface area contributed by atoms with Gasteiger partial charge in [0.1, 0.15) is 0 Å². The van der Waals surface area contributed by atoms with Crippen LogP contribution in [0, 0.1) is 0 Å². The molecule has 29 heavy (non-hydrogen) atoms. The summed E-state index contributed by atoms with van der Waals surface area (Å²) in [6.07, 6.45) is 1.24. The van der Waals surface area contributed by atoms with Gasteiger partial charge < -0.3 is 15.4 Å². The van der Waals surface area contributed by atoms with Crippen molar-refractivity contribution < 1.29 is 19.1 Å². The van der Waals surface area contributed by atoms with Crippen molar-refractivity contribution in [1.82, 2.24) is 10.2 Å². The molecule has 0 saturated heterocycles. The highest BCUT2D eigenvalue weighted by atomic mass is 35.5. The predicted octanol–water partition coefficient (Wildman–Crippen LogP) is 3.34. The first-order chi connectivity index (χ1) is 14.0. The van der Waals surface area contributed by atoms with Crippen molar-refractivity contribution >= 4 is 35.1 Å². The molecule has 1 aliphatic rings. The number of rotatable bonds is 8. The number of fused-ring (bicyclic) bond motifs is 1. The molecule has 1 heterocycles. The minimum atomic E-state index is -0.382. The fourth-order valence-electron chi connectivity index (χ4n) is 3.09. The number of hydrogen-bond acceptors (Lipinski definition) is 4. The van der Waals surface area contributed by atoms with Gasteiger partial charge in [0, 0.05) is 37.5 Å². The first-order valence-corrected chi connectivity index (χ1v) is 9.66. The Morgan fingerprint density at radius 1 is 1.07 bits per heavy atom. The van der Waals surface area contributed by atoms with Crippen LogP contribution in [0.1, 0.15) is 32.7 Å². The number of anilines is 1. The predicted molar refractivity (Wildman–Crippen MR) is 110 cm³/mol. The molecule has 8 heteroatoms. The van der Waals surface area contributed by atoms with E-state index >= 15 is 0 Å². The highest BCUT2D eigenvalue weighted by molar-refractivity contribution is 6.30. The lowest BCUT2D eigenvalue weighted by Gasteiger charge is -2.12. The molecule has 0 radical (unpaired) electrons. The number of halogens is 1. The molecule has 2 aromatic carbocycles. The van der Waals surface area contributed by atoms with E-state index in [2.05, 4.69) is 10.6 Å². The second-order valence-electron chi connectivity index (χ2n) is 6.63. The minimum Gasteiger partial charge on any atom is -0.385 e. The van der Waals surface area contributed by atoms with E-state index in [-0.39, 0.29) is 17.8 Å². The molecule has 2 N–H and O–H groups in total. The summed E-state index contributed by atoms with van der Waals surface area (Å²) >= 11 is 5.85. The van der Waals surface area contributed by atoms with Gasteiger partial charge in [-0.2, -0.15) is 0 Å². The summed E-state index contributed by atoms with van der Waals surface area (Å²) in [7, 11) is 1.57. The van der Waals surface area contributed by atoms with Crippen LogP contribution in [0.25, 0.3) is 0 Å². The van der Waals surface area contributed by atoms with Gasteiger partial charge in [-0.15, -0.1) is 0 Å². The summed E-state index contributed by atoms with van der Waals surface area (Å²) < 4.78 is 4.97. The Morgan fingerprint density at radius 2 is 1.79 bits per heavy atom. The monoisotopic (exact) mass is 415 g/mol. The Hall–Kier alpha value is -2.90. The fourth-order valence-corrected chi connectivity index (χ4v) is 3.21. The fraction of sp³-hybridized carbons (Fsp3) is 0.286. The minimum absolute atomic E-state index is 0.298. The Morgan fingerprint density at radius 3 is 2.52 bits per heavy atom. The largest absolute Gasteiger partial charge is 0.385 e. The number of carbonyl (C=O) groups excluding carboxylic acids is 3. The average molecular weight is 416 g/mol. The molecule has 152 valence electrons. The lowest BCUT2D eigenvalue weighted by molar-refractivity contribution is 0.0638. The average Bonchev–Trinajstić information content (AvgIpc) is 2.94. The van der Waals surface area contributed by atoms with Gasteiger partial charge in [-0.05, 0) is 48.7 Å². The van der Waals surface area contributed by atoms with E-state index in [0.717, 1.165) is 5.56 Å². The quantitative estimate of drug-likeness (QED) is 0.511. The van der Waals surface area contributed by atoms with Crippen molar-refractivity contribution in [3.05, 3.63) is 64.2 Å². The van der Waals surface area contributed by atoms with Crippen molar-refractivity contribution in [2.45, 2.75) is 12.8 Å². The Kier molecular flexibility index (Phi) is 6.85. The number of nitrogens with zero attached hydrogens (tertiary/aromatic N) is 1. The van der Waals surface area contributed by atoms with Crippen molar-refractivity contribution in [3.63, 3.8) is 0 Å². The van der Waals surface area contributed by atoms with Crippen molar-refractivity contribution in [2.24, 2.45) is 0 Å². The number of imide groups is 1. The second-order valence-corrected chi connectivity index (χ2v) is 7.06. The topological polar surface area (TPSA) is 87.7 Å². The first-order valence-electron chi connectivity index (χ1n) is 9.28. The van der Waals surface area contributed by atoms with E-state index < -0.39 is 0 Å². The number of carbonyl (C=O) groups is 3. The number of amides is 4. The molecule has 0 fully saturated rings. The summed E-state index contributed by atoms with van der Waals surface area (Å²) in [5.41, 5.74) is 2.16. The molecule has 0 atom stereocenters. The maximum absolute atomic E-state index is 12.5. The number of hydrogen-bond donors (Lipinski definition) is 2. The summed E-state index contributed by atoms with van der Waals surface area (Å²) in [4.78, 5) is 38.2. The van der Waals surface area contributed by atoms with Gasteiger partial charge in [0.25, 0.3) is 11.8 Å². The van der Waals surface area contributed by atoms with E-state index in [1.54, 1.807) is 31.4 Å². The molecule has 7 nitrogen and oxygen atoms in total. The highest BCUT2D eigenvalue weighted by Gasteiger charge is 2.35. The SMILES string of the molecule is COCCCN1C(=O)c2ccc(NC(=O)NCCc3ccc(Cl)cc3)cc2C1=O. The van der Waals surface area contributed by atoms with Crippen LogP contribution in [-0.2, 0) is 11.2 Å². The van der Waals surface area contributed by atoms with Crippen LogP contribution in [0.3, 0.4) is 0 Å². The molecule has 2 aromatic rings. The molecule has 0 aromatic heterocycles. The molecule has 0 spiro atoms. The summed E-state index contributed by atoms with van der Waals surface area (Å²) in [5, 5.41) is 6.13. The van der Waals surface area contributed by atoms with Gasteiger partial charge in [0.2, 0.25) is 0 Å². The van der Waals surface area contributed by atoms with Crippen LogP contribution in [0.4, 0.5) is 10.5 Å². The molecule has 0 saturated carbocycles. The molecule has 4 amide bonds. The van der Waals surface area contributed by atoms with Gasteiger partial charge in [-0.25, -0.2) is 4.79 Å². The van der Waals surface area contributed by atoms with Crippen molar-refractivity contribution in [1.29, 1.82) is 0 Å². The van der Waals surface area contributed by atoms with E-state index in [0.29, 0.717) is 54.4 Å². The van der Waals surface area contributed by atoms with Crippen LogP contribution in [0.15, 0.2) is 42.5 Å². The number of urea groups is 1. The lowest BCUT2D eigenvalue weighted by Crippen LogP contribution is -2.31. The zero-order valence-electron chi connectivity index (χ0n) is 16.0. The van der Waals surface area contributed by atoms with Crippen LogP contribution >= 0.6 is 11.6 Å². The molecule has 0 unspecified atom stereocenters. The summed E-state index contributed by atoms with van der Waals surface area (Å²) in [6, 6.07) is 11.7. The van der Waals surface area contributed by atoms with Gasteiger partial charge >= 0.3 is 6.03 Å². The van der Waals surface area contributed by atoms with E-state index in [4.69, 9.17) is 16.3 Å². The molecule has 0 aliphatic carbocycles. The second kappa shape index (κ2) is 9.54. The van der Waals surface area contributed by atoms with Crippen LogP contribution in [-0.4, -0.2) is 49.6 Å². The van der Waals surface area contributed by atoms with Crippen LogP contribution < -0.4 is 10.6 Å². The van der Waals surface area contributed by atoms with Crippen molar-refractivity contribution in [3.8, 4) is 0 Å². The molecule has 3 rings (SSSR count). The van der Waals surface area contributed by atoms with Crippen molar-refractivity contribution in [2.75, 3.05) is 32.1 Å². The third-order valence-electron chi connectivity index (χ3n) is 4.57. The summed E-state index contributed by atoms with van der Waals surface area (Å²) in [5.74, 6) is -0.673. The van der Waals surface area contributed by atoms with E-state index in [1.165, 1.54) is 11.0 Å². The van der Waals surface area contributed by atoms with Gasteiger partial charge in [0.15, 0.2) is 0 Å². The molecule has 1 aliphatic heterocycles. The smallest absolute Gasteiger partial charge is 0.319 e. The third kappa shape index (κ3) is 5.13. The van der Waals surface area contributed by atoms with Gasteiger partial charge in [-0.1, -0.05) is 23.7 Å².